The molecule has 0 aliphatic rings. The molecule has 0 bridgehead atoms. The third kappa shape index (κ3) is 11.4. The second kappa shape index (κ2) is 16.5. The lowest BCUT2D eigenvalue weighted by molar-refractivity contribution is -0.158. The van der Waals surface area contributed by atoms with Gasteiger partial charge in [0.2, 0.25) is 0 Å². The molecular weight excluding hydrogens is 470 g/mol. The summed E-state index contributed by atoms with van der Waals surface area (Å²) >= 11 is 0. The fourth-order valence-corrected chi connectivity index (χ4v) is 5.72. The summed E-state index contributed by atoms with van der Waals surface area (Å²) in [5.41, 5.74) is 4.13. The first-order chi connectivity index (χ1) is 16.4. The zero-order chi connectivity index (χ0) is 27.1. The number of unbranched alkanes of at least 4 members (excludes halogenated alkanes) is 2. The van der Waals surface area contributed by atoms with Crippen LogP contribution in [-0.4, -0.2) is 40.4 Å². The van der Waals surface area contributed by atoms with Gasteiger partial charge in [0.15, 0.2) is 5.25 Å². The number of nitrogen functional groups attached to an aromatic ring is 1. The fraction of sp³-hybridized carbons (Fsp3) is 0.692. The van der Waals surface area contributed by atoms with Crippen molar-refractivity contribution in [3.63, 3.8) is 0 Å². The Bertz CT molecular complexity index is 825. The molecule has 0 fully saturated rings. The molecule has 0 aromatic heterocycles. The summed E-state index contributed by atoms with van der Waals surface area (Å²) in [7, 11) is -5.10. The summed E-state index contributed by atoms with van der Waals surface area (Å²) in [4.78, 5) is 24.3. The van der Waals surface area contributed by atoms with Crippen LogP contribution in [0.5, 0.6) is 0 Å². The second-order valence-corrected chi connectivity index (χ2v) is 10.8. The van der Waals surface area contributed by atoms with Gasteiger partial charge in [-0.05, 0) is 36.8 Å². The van der Waals surface area contributed by atoms with Crippen molar-refractivity contribution in [2.24, 2.45) is 17.3 Å². The molecule has 1 aromatic carbocycles. The number of carbonyl (C=O) groups is 2. The molecule has 1 rings (SSSR count). The number of rotatable bonds is 16. The number of hydrogen-bond acceptors (Lipinski definition) is 5. The standard InChI is InChI=1S/C20H38O7S.C6H7N/c1-5-9-11-15(7-3)13-20(19(23)24,14-16(8-4)12-10-6-2)17(18(21)22)28(25,26)27;7-6-4-2-1-3-5-6/h15-17H,5-14H2,1-4H3,(H,21,22)(H,23,24)(H,25,26,27);1-5H,7H2. The molecule has 0 aliphatic heterocycles. The fourth-order valence-electron chi connectivity index (χ4n) is 4.60. The Hall–Kier alpha value is -2.13. The first kappa shape index (κ1) is 32.9. The van der Waals surface area contributed by atoms with Gasteiger partial charge >= 0.3 is 11.9 Å². The molecule has 0 amide bonds. The molecule has 35 heavy (non-hydrogen) atoms. The van der Waals surface area contributed by atoms with Gasteiger partial charge < -0.3 is 15.9 Å². The maximum atomic E-state index is 12.4. The van der Waals surface area contributed by atoms with Crippen LogP contribution in [0.1, 0.15) is 91.9 Å². The van der Waals surface area contributed by atoms with Crippen molar-refractivity contribution in [3.05, 3.63) is 30.3 Å². The molecule has 0 aliphatic carbocycles. The predicted octanol–water partition coefficient (Wildman–Crippen LogP) is 5.88. The van der Waals surface area contributed by atoms with Crippen molar-refractivity contribution >= 4 is 27.7 Å². The monoisotopic (exact) mass is 515 g/mol. The number of benzene rings is 1. The van der Waals surface area contributed by atoms with Crippen LogP contribution in [-0.2, 0) is 19.7 Å². The van der Waals surface area contributed by atoms with E-state index in [1.807, 2.05) is 58.0 Å². The molecule has 0 saturated carbocycles. The summed E-state index contributed by atoms with van der Waals surface area (Å²) in [5.74, 6) is -3.50. The van der Waals surface area contributed by atoms with Crippen LogP contribution in [0.15, 0.2) is 30.3 Å². The van der Waals surface area contributed by atoms with E-state index >= 15 is 0 Å². The number of hydrogen-bond donors (Lipinski definition) is 4. The highest BCUT2D eigenvalue weighted by Crippen LogP contribution is 2.44. The summed E-state index contributed by atoms with van der Waals surface area (Å²) in [5, 5.41) is 17.3. The summed E-state index contributed by atoms with van der Waals surface area (Å²) in [6.07, 6.45) is 6.02. The number of para-hydroxylation sites is 1. The maximum absolute atomic E-state index is 12.4. The zero-order valence-electron chi connectivity index (χ0n) is 21.7. The van der Waals surface area contributed by atoms with Gasteiger partial charge in [0, 0.05) is 5.69 Å². The molecule has 1 aromatic rings. The van der Waals surface area contributed by atoms with E-state index in [1.165, 1.54) is 0 Å². The van der Waals surface area contributed by atoms with Crippen LogP contribution in [0.25, 0.3) is 0 Å². The van der Waals surface area contributed by atoms with E-state index in [-0.39, 0.29) is 24.7 Å². The van der Waals surface area contributed by atoms with Gasteiger partial charge in [-0.2, -0.15) is 8.42 Å². The van der Waals surface area contributed by atoms with Gasteiger partial charge in [0.25, 0.3) is 10.1 Å². The van der Waals surface area contributed by atoms with Gasteiger partial charge in [0.1, 0.15) is 0 Å². The van der Waals surface area contributed by atoms with Gasteiger partial charge in [-0.15, -0.1) is 0 Å². The predicted molar refractivity (Wildman–Crippen MR) is 140 cm³/mol. The van der Waals surface area contributed by atoms with Crippen molar-refractivity contribution in [3.8, 4) is 0 Å². The molecule has 8 nitrogen and oxygen atoms in total. The summed E-state index contributed by atoms with van der Waals surface area (Å²) < 4.78 is 33.7. The molecule has 3 atom stereocenters. The number of aliphatic carboxylic acids is 2. The largest absolute Gasteiger partial charge is 0.481 e. The summed E-state index contributed by atoms with van der Waals surface area (Å²) in [6.45, 7) is 7.80. The third-order valence-corrected chi connectivity index (χ3v) is 7.89. The lowest BCUT2D eigenvalue weighted by atomic mass is 9.68. The highest BCUT2D eigenvalue weighted by Gasteiger charge is 2.57. The lowest BCUT2D eigenvalue weighted by Gasteiger charge is -2.38. The second-order valence-electron chi connectivity index (χ2n) is 9.35. The number of anilines is 1. The Kier molecular flexibility index (Phi) is 15.5. The quantitative estimate of drug-likeness (QED) is 0.157. The van der Waals surface area contributed by atoms with E-state index in [2.05, 4.69) is 0 Å². The van der Waals surface area contributed by atoms with Gasteiger partial charge in [-0.1, -0.05) is 97.3 Å². The molecule has 3 unspecified atom stereocenters. The van der Waals surface area contributed by atoms with Crippen LogP contribution in [0.3, 0.4) is 0 Å². The van der Waals surface area contributed by atoms with Gasteiger partial charge in [-0.25, -0.2) is 0 Å². The van der Waals surface area contributed by atoms with E-state index < -0.39 is 32.7 Å². The van der Waals surface area contributed by atoms with Crippen LogP contribution >= 0.6 is 0 Å². The van der Waals surface area contributed by atoms with Crippen LogP contribution in [0, 0.1) is 17.3 Å². The van der Waals surface area contributed by atoms with E-state index in [0.29, 0.717) is 25.7 Å². The molecule has 202 valence electrons. The first-order valence-corrected chi connectivity index (χ1v) is 14.1. The third-order valence-electron chi connectivity index (χ3n) is 6.64. The van der Waals surface area contributed by atoms with Crippen molar-refractivity contribution in [2.45, 2.75) is 97.2 Å². The smallest absolute Gasteiger partial charge is 0.325 e. The SMILES string of the molecule is CCCCC(CC)CC(CC(CC)CCCC)(C(=O)O)C(C(=O)O)S(=O)(=O)O.Nc1ccccc1. The van der Waals surface area contributed by atoms with Gasteiger partial charge in [0.05, 0.1) is 5.41 Å². The molecule has 5 N–H and O–H groups in total. The molecular formula is C26H45NO7S. The Morgan fingerprint density at radius 1 is 0.886 bits per heavy atom. The Labute approximate surface area is 211 Å². The molecule has 0 heterocycles. The van der Waals surface area contributed by atoms with Crippen molar-refractivity contribution in [1.82, 2.24) is 0 Å². The minimum Gasteiger partial charge on any atom is -0.481 e. The van der Waals surface area contributed by atoms with Gasteiger partial charge in [-0.3, -0.25) is 14.1 Å². The molecule has 9 heteroatoms. The average molecular weight is 516 g/mol. The Morgan fingerprint density at radius 2 is 1.31 bits per heavy atom. The summed E-state index contributed by atoms with van der Waals surface area (Å²) in [6, 6.07) is 9.49. The number of carboxylic acids is 2. The average Bonchev–Trinajstić information content (AvgIpc) is 2.78. The normalized spacial score (nSPS) is 15.7. The first-order valence-electron chi connectivity index (χ1n) is 12.6. The maximum Gasteiger partial charge on any atom is 0.325 e. The Morgan fingerprint density at radius 3 is 1.54 bits per heavy atom. The van der Waals surface area contributed by atoms with Crippen molar-refractivity contribution in [1.29, 1.82) is 0 Å². The molecule has 0 saturated heterocycles. The minimum atomic E-state index is -5.10. The van der Waals surface area contributed by atoms with Crippen molar-refractivity contribution < 1.29 is 32.8 Å². The minimum absolute atomic E-state index is 0.0712. The number of carboxylic acid groups (broad SMARTS) is 2. The Balaban J connectivity index is 0.00000140. The molecule has 0 spiro atoms. The van der Waals surface area contributed by atoms with Crippen LogP contribution in [0.2, 0.25) is 0 Å². The zero-order valence-corrected chi connectivity index (χ0v) is 22.5. The highest BCUT2D eigenvalue weighted by atomic mass is 32.2. The molecule has 0 radical (unpaired) electrons. The van der Waals surface area contributed by atoms with E-state index in [9.17, 15) is 32.8 Å². The van der Waals surface area contributed by atoms with E-state index in [4.69, 9.17) is 5.73 Å². The van der Waals surface area contributed by atoms with Crippen molar-refractivity contribution in [2.75, 3.05) is 5.73 Å². The highest BCUT2D eigenvalue weighted by molar-refractivity contribution is 7.87. The lowest BCUT2D eigenvalue weighted by Crippen LogP contribution is -2.53. The topological polar surface area (TPSA) is 155 Å². The van der Waals surface area contributed by atoms with Crippen LogP contribution in [0.4, 0.5) is 5.69 Å². The number of nitrogens with two attached hydrogens (primary N) is 1. The van der Waals surface area contributed by atoms with Crippen LogP contribution < -0.4 is 5.73 Å². The van der Waals surface area contributed by atoms with E-state index in [0.717, 1.165) is 31.4 Å². The van der Waals surface area contributed by atoms with E-state index in [1.54, 1.807) is 0 Å².